The molecular formula is C20H21BrFN3O2. The summed E-state index contributed by atoms with van der Waals surface area (Å²) in [5.41, 5.74) is 1.13. The molecule has 0 bridgehead atoms. The molecule has 7 heteroatoms. The molecule has 2 amide bonds. The summed E-state index contributed by atoms with van der Waals surface area (Å²) in [6, 6.07) is 12.9. The van der Waals surface area contributed by atoms with E-state index in [1.807, 2.05) is 29.2 Å². The molecule has 142 valence electrons. The summed E-state index contributed by atoms with van der Waals surface area (Å²) in [6.07, 6.45) is 0. The van der Waals surface area contributed by atoms with Gasteiger partial charge in [0.1, 0.15) is 5.82 Å². The number of halogens is 2. The zero-order valence-corrected chi connectivity index (χ0v) is 16.4. The molecule has 2 aromatic carbocycles. The zero-order valence-electron chi connectivity index (χ0n) is 14.8. The van der Waals surface area contributed by atoms with Crippen LogP contribution in [0.25, 0.3) is 0 Å². The van der Waals surface area contributed by atoms with E-state index in [1.54, 1.807) is 0 Å². The summed E-state index contributed by atoms with van der Waals surface area (Å²) >= 11 is 3.39. The molecule has 0 saturated carbocycles. The molecule has 0 unspecified atom stereocenters. The van der Waals surface area contributed by atoms with Crippen LogP contribution < -0.4 is 5.32 Å². The molecule has 0 radical (unpaired) electrons. The second-order valence-corrected chi connectivity index (χ2v) is 7.32. The van der Waals surface area contributed by atoms with Crippen LogP contribution in [0.4, 0.5) is 4.39 Å². The Hall–Kier alpha value is -2.25. The van der Waals surface area contributed by atoms with Crippen molar-refractivity contribution in [2.75, 3.05) is 39.3 Å². The van der Waals surface area contributed by atoms with E-state index in [9.17, 15) is 14.0 Å². The fourth-order valence-electron chi connectivity index (χ4n) is 3.01. The van der Waals surface area contributed by atoms with E-state index in [0.717, 1.165) is 17.6 Å². The third-order valence-electron chi connectivity index (χ3n) is 4.55. The number of amides is 2. The topological polar surface area (TPSA) is 52.7 Å². The van der Waals surface area contributed by atoms with E-state index in [-0.39, 0.29) is 17.6 Å². The predicted molar refractivity (Wildman–Crippen MR) is 105 cm³/mol. The van der Waals surface area contributed by atoms with Crippen molar-refractivity contribution in [1.29, 1.82) is 0 Å². The summed E-state index contributed by atoms with van der Waals surface area (Å²) in [5.74, 6) is -0.527. The van der Waals surface area contributed by atoms with Crippen LogP contribution in [0.3, 0.4) is 0 Å². The molecule has 0 aromatic heterocycles. The van der Waals surface area contributed by atoms with Crippen molar-refractivity contribution in [2.24, 2.45) is 0 Å². The first-order chi connectivity index (χ1) is 13.0. The first-order valence-electron chi connectivity index (χ1n) is 8.84. The molecule has 27 heavy (non-hydrogen) atoms. The van der Waals surface area contributed by atoms with Crippen LogP contribution in [0, 0.1) is 5.82 Å². The van der Waals surface area contributed by atoms with Crippen LogP contribution in [0.2, 0.25) is 0 Å². The van der Waals surface area contributed by atoms with Crippen LogP contribution in [-0.4, -0.2) is 60.9 Å². The summed E-state index contributed by atoms with van der Waals surface area (Å²) in [7, 11) is 0. The lowest BCUT2D eigenvalue weighted by molar-refractivity contribution is 0.0638. The monoisotopic (exact) mass is 433 g/mol. The van der Waals surface area contributed by atoms with Gasteiger partial charge >= 0.3 is 0 Å². The van der Waals surface area contributed by atoms with Crippen molar-refractivity contribution in [3.05, 3.63) is 69.9 Å². The van der Waals surface area contributed by atoms with Gasteiger partial charge in [-0.15, -0.1) is 0 Å². The van der Waals surface area contributed by atoms with Gasteiger partial charge in [-0.3, -0.25) is 14.5 Å². The minimum Gasteiger partial charge on any atom is -0.351 e. The maximum Gasteiger partial charge on any atom is 0.253 e. The van der Waals surface area contributed by atoms with E-state index in [1.165, 1.54) is 24.3 Å². The molecule has 1 saturated heterocycles. The lowest BCUT2D eigenvalue weighted by atomic mass is 10.2. The highest BCUT2D eigenvalue weighted by atomic mass is 79.9. The molecule has 0 atom stereocenters. The molecule has 1 aliphatic heterocycles. The van der Waals surface area contributed by atoms with E-state index in [4.69, 9.17) is 0 Å². The van der Waals surface area contributed by atoms with Crippen molar-refractivity contribution in [1.82, 2.24) is 15.1 Å². The quantitative estimate of drug-likeness (QED) is 0.788. The number of nitrogens with one attached hydrogen (secondary N) is 1. The van der Waals surface area contributed by atoms with Gasteiger partial charge in [0.05, 0.1) is 0 Å². The van der Waals surface area contributed by atoms with Crippen molar-refractivity contribution < 1.29 is 14.0 Å². The Morgan fingerprint density at radius 1 is 1.00 bits per heavy atom. The Morgan fingerprint density at radius 2 is 1.70 bits per heavy atom. The van der Waals surface area contributed by atoms with Gasteiger partial charge in [0, 0.05) is 54.9 Å². The van der Waals surface area contributed by atoms with Gasteiger partial charge in [-0.1, -0.05) is 22.0 Å². The normalized spacial score (nSPS) is 14.8. The second-order valence-electron chi connectivity index (χ2n) is 6.41. The largest absolute Gasteiger partial charge is 0.351 e. The van der Waals surface area contributed by atoms with E-state index in [0.29, 0.717) is 37.3 Å². The number of hydrogen-bond acceptors (Lipinski definition) is 3. The van der Waals surface area contributed by atoms with Gasteiger partial charge in [0.2, 0.25) is 0 Å². The summed E-state index contributed by atoms with van der Waals surface area (Å²) < 4.78 is 13.8. The van der Waals surface area contributed by atoms with Crippen LogP contribution in [0.5, 0.6) is 0 Å². The minimum absolute atomic E-state index is 0.0422. The predicted octanol–water partition coefficient (Wildman–Crippen LogP) is 2.78. The van der Waals surface area contributed by atoms with Crippen molar-refractivity contribution in [2.45, 2.75) is 0 Å². The lowest BCUT2D eigenvalue weighted by Crippen LogP contribution is -2.50. The third-order valence-corrected chi connectivity index (χ3v) is 5.04. The van der Waals surface area contributed by atoms with Crippen LogP contribution in [-0.2, 0) is 0 Å². The Morgan fingerprint density at radius 3 is 2.37 bits per heavy atom. The molecule has 1 aliphatic rings. The summed E-state index contributed by atoms with van der Waals surface area (Å²) in [6.45, 7) is 4.09. The molecule has 1 N–H and O–H groups in total. The molecule has 2 aromatic rings. The van der Waals surface area contributed by atoms with Gasteiger partial charge in [0.25, 0.3) is 11.8 Å². The second kappa shape index (κ2) is 9.10. The maximum atomic E-state index is 12.9. The Labute approximate surface area is 166 Å². The fraction of sp³-hybridized carbons (Fsp3) is 0.300. The number of hydrogen-bond donors (Lipinski definition) is 1. The Bertz CT molecular complexity index is 805. The number of carbonyl (C=O) groups excluding carboxylic acids is 2. The molecule has 5 nitrogen and oxygen atoms in total. The third kappa shape index (κ3) is 5.37. The van der Waals surface area contributed by atoms with E-state index < -0.39 is 0 Å². The highest BCUT2D eigenvalue weighted by molar-refractivity contribution is 9.10. The molecule has 1 fully saturated rings. The van der Waals surface area contributed by atoms with E-state index in [2.05, 4.69) is 26.1 Å². The average molecular weight is 434 g/mol. The summed E-state index contributed by atoms with van der Waals surface area (Å²) in [5, 5.41) is 2.84. The first kappa shape index (κ1) is 19.5. The van der Waals surface area contributed by atoms with Gasteiger partial charge in [-0.2, -0.15) is 0 Å². The van der Waals surface area contributed by atoms with Gasteiger partial charge in [-0.25, -0.2) is 4.39 Å². The molecule has 1 heterocycles. The minimum atomic E-state index is -0.359. The number of rotatable bonds is 5. The lowest BCUT2D eigenvalue weighted by Gasteiger charge is -2.34. The van der Waals surface area contributed by atoms with Gasteiger partial charge < -0.3 is 10.2 Å². The number of benzene rings is 2. The number of nitrogens with zero attached hydrogens (tertiary/aromatic N) is 2. The highest BCUT2D eigenvalue weighted by Gasteiger charge is 2.22. The molecule has 3 rings (SSSR count). The smallest absolute Gasteiger partial charge is 0.253 e. The SMILES string of the molecule is O=C(NCCN1CCN(C(=O)c2cccc(Br)c2)CC1)c1ccc(F)cc1. The Kier molecular flexibility index (Phi) is 6.58. The van der Waals surface area contributed by atoms with Gasteiger partial charge in [0.15, 0.2) is 0 Å². The fourth-order valence-corrected chi connectivity index (χ4v) is 3.41. The standard InChI is InChI=1S/C20H21BrFN3O2/c21-17-3-1-2-16(14-17)20(27)25-12-10-24(11-13-25)9-8-23-19(26)15-4-6-18(22)7-5-15/h1-7,14H,8-13H2,(H,23,26). The Balaban J connectivity index is 1.41. The molecular weight excluding hydrogens is 413 g/mol. The van der Waals surface area contributed by atoms with E-state index >= 15 is 0 Å². The number of piperazine rings is 1. The number of carbonyl (C=O) groups is 2. The maximum absolute atomic E-state index is 12.9. The van der Waals surface area contributed by atoms with Crippen LogP contribution >= 0.6 is 15.9 Å². The van der Waals surface area contributed by atoms with Crippen LogP contribution in [0.15, 0.2) is 53.0 Å². The van der Waals surface area contributed by atoms with Crippen molar-refractivity contribution in [3.8, 4) is 0 Å². The molecule has 0 aliphatic carbocycles. The zero-order chi connectivity index (χ0) is 19.2. The average Bonchev–Trinajstić information content (AvgIpc) is 2.68. The summed E-state index contributed by atoms with van der Waals surface area (Å²) in [4.78, 5) is 28.6. The van der Waals surface area contributed by atoms with Crippen molar-refractivity contribution >= 4 is 27.7 Å². The van der Waals surface area contributed by atoms with Crippen molar-refractivity contribution in [3.63, 3.8) is 0 Å². The highest BCUT2D eigenvalue weighted by Crippen LogP contribution is 2.14. The molecule has 0 spiro atoms. The first-order valence-corrected chi connectivity index (χ1v) is 9.63. The van der Waals surface area contributed by atoms with Crippen LogP contribution in [0.1, 0.15) is 20.7 Å². The van der Waals surface area contributed by atoms with Gasteiger partial charge in [-0.05, 0) is 42.5 Å².